The van der Waals surface area contributed by atoms with Gasteiger partial charge in [0.2, 0.25) is 5.91 Å². The van der Waals surface area contributed by atoms with E-state index in [1.54, 1.807) is 11.1 Å². The van der Waals surface area contributed by atoms with Gasteiger partial charge in [-0.05, 0) is 37.3 Å². The first-order valence-electron chi connectivity index (χ1n) is 7.20. The smallest absolute Gasteiger partial charge is 0.245 e. The second-order valence-corrected chi connectivity index (χ2v) is 5.69. The monoisotopic (exact) mass is 259 g/mol. The number of hydrogen-bond donors (Lipinski definition) is 1. The van der Waals surface area contributed by atoms with Gasteiger partial charge in [-0.1, -0.05) is 18.9 Å². The van der Waals surface area contributed by atoms with E-state index in [1.807, 2.05) is 25.2 Å². The van der Waals surface area contributed by atoms with Crippen molar-refractivity contribution in [1.29, 1.82) is 0 Å². The zero-order chi connectivity index (χ0) is 13.2. The predicted molar refractivity (Wildman–Crippen MR) is 74.9 cm³/mol. The number of rotatable bonds is 2. The summed E-state index contributed by atoms with van der Waals surface area (Å²) in [6, 6.07) is 6.18. The fourth-order valence-electron chi connectivity index (χ4n) is 3.41. The van der Waals surface area contributed by atoms with Crippen molar-refractivity contribution in [2.24, 2.45) is 5.92 Å². The van der Waals surface area contributed by atoms with Crippen LogP contribution in [-0.2, 0) is 4.79 Å². The minimum Gasteiger partial charge on any atom is -0.303 e. The minimum atomic E-state index is -0.0277. The maximum Gasteiger partial charge on any atom is 0.245 e. The Morgan fingerprint density at radius 1 is 1.37 bits per heavy atom. The molecule has 19 heavy (non-hydrogen) atoms. The second-order valence-electron chi connectivity index (χ2n) is 5.69. The van der Waals surface area contributed by atoms with E-state index in [1.165, 1.54) is 25.7 Å². The van der Waals surface area contributed by atoms with Crippen LogP contribution in [0, 0.1) is 5.92 Å². The normalized spacial score (nSPS) is 29.8. The number of carbonyl (C=O) groups is 1. The number of amides is 1. The van der Waals surface area contributed by atoms with Crippen LogP contribution < -0.4 is 10.2 Å². The zero-order valence-corrected chi connectivity index (χ0v) is 11.4. The molecule has 1 saturated carbocycles. The zero-order valence-electron chi connectivity index (χ0n) is 11.4. The van der Waals surface area contributed by atoms with Crippen molar-refractivity contribution in [3.8, 4) is 0 Å². The Balaban J connectivity index is 1.68. The Morgan fingerprint density at radius 2 is 2.21 bits per heavy atom. The van der Waals surface area contributed by atoms with Gasteiger partial charge in [-0.25, -0.2) is 4.98 Å². The third-order valence-corrected chi connectivity index (χ3v) is 4.48. The molecule has 2 fully saturated rings. The summed E-state index contributed by atoms with van der Waals surface area (Å²) in [5, 5.41) is 3.52. The Morgan fingerprint density at radius 3 is 2.95 bits per heavy atom. The van der Waals surface area contributed by atoms with Crippen LogP contribution in [0.5, 0.6) is 0 Å². The second kappa shape index (κ2) is 5.29. The number of anilines is 1. The average Bonchev–Trinajstić information content (AvgIpc) is 2.90. The maximum absolute atomic E-state index is 12.5. The lowest BCUT2D eigenvalue weighted by Gasteiger charge is -2.24. The summed E-state index contributed by atoms with van der Waals surface area (Å²) in [5.74, 6) is 1.57. The Bertz CT molecular complexity index is 434. The van der Waals surface area contributed by atoms with Gasteiger partial charge in [0.15, 0.2) is 0 Å². The summed E-state index contributed by atoms with van der Waals surface area (Å²) < 4.78 is 0. The van der Waals surface area contributed by atoms with Gasteiger partial charge in [0.1, 0.15) is 5.82 Å². The third kappa shape index (κ3) is 2.50. The third-order valence-electron chi connectivity index (χ3n) is 4.48. The van der Waals surface area contributed by atoms with Gasteiger partial charge < -0.3 is 5.32 Å². The van der Waals surface area contributed by atoms with Gasteiger partial charge in [0, 0.05) is 19.3 Å². The summed E-state index contributed by atoms with van der Waals surface area (Å²) in [5.41, 5.74) is 0. The van der Waals surface area contributed by atoms with Crippen LogP contribution in [0.25, 0.3) is 0 Å². The SMILES string of the molecule is CN(C(=O)C1CC2CCCCC2N1)c1ccccn1. The summed E-state index contributed by atoms with van der Waals surface area (Å²) in [7, 11) is 1.81. The standard InChI is InChI=1S/C15H21N3O/c1-18(14-8-4-5-9-16-14)15(19)13-10-11-6-2-3-7-12(11)17-13/h4-5,8-9,11-13,17H,2-3,6-7,10H2,1H3. The van der Waals surface area contributed by atoms with Crippen molar-refractivity contribution in [3.63, 3.8) is 0 Å². The number of nitrogens with zero attached hydrogens (tertiary/aromatic N) is 2. The maximum atomic E-state index is 12.5. The molecule has 3 atom stereocenters. The first-order chi connectivity index (χ1) is 9.25. The van der Waals surface area contributed by atoms with Gasteiger partial charge in [0.05, 0.1) is 6.04 Å². The average molecular weight is 259 g/mol. The van der Waals surface area contributed by atoms with E-state index in [2.05, 4.69) is 10.3 Å². The molecule has 1 aliphatic heterocycles. The van der Waals surface area contributed by atoms with Crippen LogP contribution in [0.4, 0.5) is 5.82 Å². The van der Waals surface area contributed by atoms with Crippen LogP contribution in [0.15, 0.2) is 24.4 Å². The highest BCUT2D eigenvalue weighted by molar-refractivity contribution is 5.96. The van der Waals surface area contributed by atoms with E-state index >= 15 is 0 Å². The van der Waals surface area contributed by atoms with Crippen molar-refractivity contribution in [1.82, 2.24) is 10.3 Å². The topological polar surface area (TPSA) is 45.2 Å². The van der Waals surface area contributed by atoms with Crippen molar-refractivity contribution < 1.29 is 4.79 Å². The molecule has 4 nitrogen and oxygen atoms in total. The van der Waals surface area contributed by atoms with E-state index in [0.717, 1.165) is 12.2 Å². The molecule has 2 heterocycles. The molecular formula is C15H21N3O. The van der Waals surface area contributed by atoms with Crippen molar-refractivity contribution in [2.45, 2.75) is 44.2 Å². The largest absolute Gasteiger partial charge is 0.303 e. The molecule has 3 rings (SSSR count). The Hall–Kier alpha value is -1.42. The number of carbonyl (C=O) groups excluding carboxylic acids is 1. The van der Waals surface area contributed by atoms with Gasteiger partial charge in [-0.3, -0.25) is 9.69 Å². The molecule has 1 aromatic heterocycles. The fourth-order valence-corrected chi connectivity index (χ4v) is 3.41. The summed E-state index contributed by atoms with van der Waals surface area (Å²) in [6.45, 7) is 0. The molecule has 3 unspecified atom stereocenters. The highest BCUT2D eigenvalue weighted by Gasteiger charge is 2.39. The number of pyridine rings is 1. The quantitative estimate of drug-likeness (QED) is 0.883. The summed E-state index contributed by atoms with van der Waals surface area (Å²) in [6.07, 6.45) is 7.82. The van der Waals surface area contributed by atoms with Crippen LogP contribution in [0.1, 0.15) is 32.1 Å². The highest BCUT2D eigenvalue weighted by atomic mass is 16.2. The first-order valence-corrected chi connectivity index (χ1v) is 7.20. The molecule has 0 bridgehead atoms. The number of likely N-dealkylation sites (N-methyl/N-ethyl adjacent to an activating group) is 1. The first kappa shape index (κ1) is 12.6. The van der Waals surface area contributed by atoms with Gasteiger partial charge >= 0.3 is 0 Å². The van der Waals surface area contributed by atoms with Gasteiger partial charge in [0.25, 0.3) is 0 Å². The molecule has 102 valence electrons. The van der Waals surface area contributed by atoms with E-state index in [0.29, 0.717) is 12.0 Å². The fraction of sp³-hybridized carbons (Fsp3) is 0.600. The number of hydrogen-bond acceptors (Lipinski definition) is 3. The van der Waals surface area contributed by atoms with E-state index in [4.69, 9.17) is 0 Å². The molecule has 0 aromatic carbocycles. The van der Waals surface area contributed by atoms with Crippen LogP contribution in [0.2, 0.25) is 0 Å². The van der Waals surface area contributed by atoms with E-state index in [9.17, 15) is 4.79 Å². The van der Waals surface area contributed by atoms with Crippen molar-refractivity contribution >= 4 is 11.7 Å². The predicted octanol–water partition coefficient (Wildman–Crippen LogP) is 1.97. The van der Waals surface area contributed by atoms with Crippen LogP contribution in [0.3, 0.4) is 0 Å². The molecular weight excluding hydrogens is 238 g/mol. The minimum absolute atomic E-state index is 0.0277. The molecule has 0 spiro atoms. The summed E-state index contributed by atoms with van der Waals surface area (Å²) >= 11 is 0. The Labute approximate surface area is 114 Å². The van der Waals surface area contributed by atoms with Crippen molar-refractivity contribution in [3.05, 3.63) is 24.4 Å². The van der Waals surface area contributed by atoms with E-state index < -0.39 is 0 Å². The number of nitrogens with one attached hydrogen (secondary N) is 1. The van der Waals surface area contributed by atoms with Crippen LogP contribution in [-0.4, -0.2) is 30.0 Å². The molecule has 1 aromatic rings. The van der Waals surface area contributed by atoms with Gasteiger partial charge in [-0.15, -0.1) is 0 Å². The van der Waals surface area contributed by atoms with Crippen molar-refractivity contribution in [2.75, 3.05) is 11.9 Å². The number of fused-ring (bicyclic) bond motifs is 1. The summed E-state index contributed by atoms with van der Waals surface area (Å²) in [4.78, 5) is 18.4. The highest BCUT2D eigenvalue weighted by Crippen LogP contribution is 2.33. The Kier molecular flexibility index (Phi) is 3.51. The molecule has 0 radical (unpaired) electrons. The van der Waals surface area contributed by atoms with Gasteiger partial charge in [-0.2, -0.15) is 0 Å². The van der Waals surface area contributed by atoms with E-state index in [-0.39, 0.29) is 11.9 Å². The number of aromatic nitrogens is 1. The molecule has 1 N–H and O–H groups in total. The molecule has 4 heteroatoms. The lowest BCUT2D eigenvalue weighted by atomic mass is 9.85. The lowest BCUT2D eigenvalue weighted by molar-refractivity contribution is -0.120. The van der Waals surface area contributed by atoms with Crippen LogP contribution >= 0.6 is 0 Å². The molecule has 1 aliphatic carbocycles. The lowest BCUT2D eigenvalue weighted by Crippen LogP contribution is -2.44. The molecule has 2 aliphatic rings. The molecule has 1 saturated heterocycles. The molecule has 1 amide bonds.